The number of aromatic nitrogens is 2. The highest BCUT2D eigenvalue weighted by molar-refractivity contribution is 7.15. The molecule has 116 valence electrons. The minimum absolute atomic E-state index is 0.0923. The lowest BCUT2D eigenvalue weighted by Gasteiger charge is -2.12. The molecular formula is C13H13ClN4O3S. The van der Waals surface area contributed by atoms with E-state index >= 15 is 0 Å². The molecule has 2 rings (SSSR count). The quantitative estimate of drug-likeness (QED) is 0.679. The van der Waals surface area contributed by atoms with Gasteiger partial charge in [0.1, 0.15) is 10.0 Å². The Labute approximate surface area is 135 Å². The van der Waals surface area contributed by atoms with Crippen molar-refractivity contribution in [2.24, 2.45) is 0 Å². The summed E-state index contributed by atoms with van der Waals surface area (Å²) in [5.41, 5.74) is -0.190. The molecule has 0 aliphatic carbocycles. The van der Waals surface area contributed by atoms with Crippen molar-refractivity contribution in [2.45, 2.75) is 26.2 Å². The molecule has 0 radical (unpaired) electrons. The number of carbonyl (C=O) groups excluding carboxylic acids is 1. The molecule has 1 aromatic carbocycles. The highest BCUT2D eigenvalue weighted by Crippen LogP contribution is 2.29. The highest BCUT2D eigenvalue weighted by Gasteiger charge is 2.21. The lowest BCUT2D eigenvalue weighted by atomic mass is 9.98. The number of halogens is 1. The van der Waals surface area contributed by atoms with Crippen LogP contribution in [0.1, 0.15) is 36.1 Å². The summed E-state index contributed by atoms with van der Waals surface area (Å²) in [5, 5.41) is 22.3. The van der Waals surface area contributed by atoms with Gasteiger partial charge in [0.05, 0.1) is 4.92 Å². The first kappa shape index (κ1) is 16.3. The van der Waals surface area contributed by atoms with Crippen molar-refractivity contribution in [3.8, 4) is 0 Å². The number of amides is 1. The number of nitro groups is 1. The van der Waals surface area contributed by atoms with Gasteiger partial charge < -0.3 is 0 Å². The van der Waals surface area contributed by atoms with E-state index in [4.69, 9.17) is 11.6 Å². The molecule has 0 spiro atoms. The first-order chi connectivity index (χ1) is 10.2. The van der Waals surface area contributed by atoms with Gasteiger partial charge in [0, 0.05) is 17.0 Å². The van der Waals surface area contributed by atoms with Crippen molar-refractivity contribution in [3.05, 3.63) is 43.9 Å². The van der Waals surface area contributed by atoms with Crippen LogP contribution in [-0.4, -0.2) is 21.0 Å². The van der Waals surface area contributed by atoms with Gasteiger partial charge in [0.25, 0.3) is 11.6 Å². The Morgan fingerprint density at radius 3 is 2.55 bits per heavy atom. The fourth-order valence-electron chi connectivity index (χ4n) is 1.54. The fraction of sp³-hybridized carbons (Fsp3) is 0.308. The molecule has 0 saturated heterocycles. The second-order valence-electron chi connectivity index (χ2n) is 5.54. The van der Waals surface area contributed by atoms with E-state index in [2.05, 4.69) is 15.5 Å². The third-order valence-electron chi connectivity index (χ3n) is 2.69. The number of nitro benzene ring substituents is 1. The lowest BCUT2D eigenvalue weighted by Crippen LogP contribution is -2.11. The van der Waals surface area contributed by atoms with Gasteiger partial charge in [-0.2, -0.15) is 0 Å². The number of nitrogens with one attached hydrogen (secondary N) is 1. The monoisotopic (exact) mass is 340 g/mol. The molecular weight excluding hydrogens is 328 g/mol. The van der Waals surface area contributed by atoms with Gasteiger partial charge in [0.2, 0.25) is 5.13 Å². The van der Waals surface area contributed by atoms with Crippen molar-refractivity contribution in [1.29, 1.82) is 0 Å². The van der Waals surface area contributed by atoms with Crippen LogP contribution >= 0.6 is 22.9 Å². The molecule has 22 heavy (non-hydrogen) atoms. The van der Waals surface area contributed by atoms with E-state index in [9.17, 15) is 14.9 Å². The summed E-state index contributed by atoms with van der Waals surface area (Å²) in [6, 6.07) is 3.78. The predicted octanol–water partition coefficient (Wildman–Crippen LogP) is 3.65. The van der Waals surface area contributed by atoms with Crippen LogP contribution in [0.3, 0.4) is 0 Å². The summed E-state index contributed by atoms with van der Waals surface area (Å²) in [6.45, 7) is 5.99. The minimum atomic E-state index is -0.607. The maximum Gasteiger partial charge on any atom is 0.287 e. The molecule has 9 heteroatoms. The Morgan fingerprint density at radius 1 is 1.36 bits per heavy atom. The minimum Gasteiger partial charge on any atom is -0.296 e. The SMILES string of the molecule is CC(C)(C)c1nnc(NC(=O)c2ccc([N+](=O)[O-])c(Cl)c2)s1. The summed E-state index contributed by atoms with van der Waals surface area (Å²) in [6.07, 6.45) is 0. The van der Waals surface area contributed by atoms with E-state index in [-0.39, 0.29) is 21.7 Å². The van der Waals surface area contributed by atoms with E-state index in [1.165, 1.54) is 29.5 Å². The largest absolute Gasteiger partial charge is 0.296 e. The first-order valence-electron chi connectivity index (χ1n) is 6.28. The summed E-state index contributed by atoms with van der Waals surface area (Å²) >= 11 is 7.07. The van der Waals surface area contributed by atoms with E-state index in [0.29, 0.717) is 5.13 Å². The second kappa shape index (κ2) is 5.98. The normalized spacial score (nSPS) is 11.3. The summed E-state index contributed by atoms with van der Waals surface area (Å²) in [5.74, 6) is -0.451. The zero-order chi connectivity index (χ0) is 16.5. The third-order valence-corrected chi connectivity index (χ3v) is 4.26. The number of anilines is 1. The predicted molar refractivity (Wildman–Crippen MR) is 84.7 cm³/mol. The highest BCUT2D eigenvalue weighted by atomic mass is 35.5. The van der Waals surface area contributed by atoms with E-state index < -0.39 is 10.8 Å². The van der Waals surface area contributed by atoms with Gasteiger partial charge in [0.15, 0.2) is 0 Å². The summed E-state index contributed by atoms with van der Waals surface area (Å²) in [7, 11) is 0. The van der Waals surface area contributed by atoms with Gasteiger partial charge in [-0.3, -0.25) is 20.2 Å². The molecule has 2 aromatic rings. The molecule has 0 aliphatic rings. The molecule has 0 saturated carbocycles. The lowest BCUT2D eigenvalue weighted by molar-refractivity contribution is -0.384. The van der Waals surface area contributed by atoms with Crippen molar-refractivity contribution >= 4 is 39.7 Å². The molecule has 0 fully saturated rings. The standard InChI is InChI=1S/C13H13ClN4O3S/c1-13(2,3)11-16-17-12(22-11)15-10(19)7-4-5-9(18(20)21)8(14)6-7/h4-6H,1-3H3,(H,15,17,19). The Bertz CT molecular complexity index is 739. The van der Waals surface area contributed by atoms with Crippen LogP contribution in [0.15, 0.2) is 18.2 Å². The molecule has 0 bridgehead atoms. The van der Waals surface area contributed by atoms with E-state index in [0.717, 1.165) is 5.01 Å². The van der Waals surface area contributed by atoms with Crippen molar-refractivity contribution in [3.63, 3.8) is 0 Å². The van der Waals surface area contributed by atoms with Crippen molar-refractivity contribution < 1.29 is 9.72 Å². The number of hydrogen-bond acceptors (Lipinski definition) is 6. The van der Waals surface area contributed by atoms with Crippen LogP contribution in [0, 0.1) is 10.1 Å². The van der Waals surface area contributed by atoms with Crippen LogP contribution in [0.25, 0.3) is 0 Å². The van der Waals surface area contributed by atoms with Gasteiger partial charge in [-0.15, -0.1) is 10.2 Å². The zero-order valence-corrected chi connectivity index (χ0v) is 13.7. The second-order valence-corrected chi connectivity index (χ2v) is 6.92. The summed E-state index contributed by atoms with van der Waals surface area (Å²) in [4.78, 5) is 22.2. The maximum atomic E-state index is 12.1. The van der Waals surface area contributed by atoms with Gasteiger partial charge >= 0.3 is 0 Å². The van der Waals surface area contributed by atoms with E-state index in [1.807, 2.05) is 20.8 Å². The number of nitrogens with zero attached hydrogens (tertiary/aromatic N) is 3. The molecule has 1 N–H and O–H groups in total. The molecule has 1 amide bonds. The molecule has 0 atom stereocenters. The average Bonchev–Trinajstić information content (AvgIpc) is 2.86. The van der Waals surface area contributed by atoms with Crippen LogP contribution in [0.2, 0.25) is 5.02 Å². The van der Waals surface area contributed by atoms with Crippen molar-refractivity contribution in [1.82, 2.24) is 10.2 Å². The number of benzene rings is 1. The number of rotatable bonds is 3. The first-order valence-corrected chi connectivity index (χ1v) is 7.47. The zero-order valence-electron chi connectivity index (χ0n) is 12.1. The molecule has 1 heterocycles. The van der Waals surface area contributed by atoms with Crippen LogP contribution in [0.5, 0.6) is 0 Å². The van der Waals surface area contributed by atoms with Gasteiger partial charge in [-0.05, 0) is 12.1 Å². The average molecular weight is 341 g/mol. The summed E-state index contributed by atoms with van der Waals surface area (Å²) < 4.78 is 0. The Hall–Kier alpha value is -2.06. The van der Waals surface area contributed by atoms with E-state index in [1.54, 1.807) is 0 Å². The molecule has 0 unspecified atom stereocenters. The number of hydrogen-bond donors (Lipinski definition) is 1. The van der Waals surface area contributed by atoms with Gasteiger partial charge in [-0.25, -0.2) is 0 Å². The fourth-order valence-corrected chi connectivity index (χ4v) is 2.59. The molecule has 0 aliphatic heterocycles. The Kier molecular flexibility index (Phi) is 4.43. The topological polar surface area (TPSA) is 98.0 Å². The third kappa shape index (κ3) is 3.58. The smallest absolute Gasteiger partial charge is 0.287 e. The van der Waals surface area contributed by atoms with Crippen LogP contribution in [-0.2, 0) is 5.41 Å². The Morgan fingerprint density at radius 2 is 2.05 bits per heavy atom. The van der Waals surface area contributed by atoms with Crippen molar-refractivity contribution in [2.75, 3.05) is 5.32 Å². The van der Waals surface area contributed by atoms with Crippen LogP contribution in [0.4, 0.5) is 10.8 Å². The van der Waals surface area contributed by atoms with Gasteiger partial charge in [-0.1, -0.05) is 43.7 Å². The molecule has 7 nitrogen and oxygen atoms in total. The number of carbonyl (C=O) groups is 1. The van der Waals surface area contributed by atoms with Crippen LogP contribution < -0.4 is 5.32 Å². The molecule has 1 aromatic heterocycles. The maximum absolute atomic E-state index is 12.1. The Balaban J connectivity index is 2.17.